The van der Waals surface area contributed by atoms with Gasteiger partial charge in [0.2, 0.25) is 0 Å². The van der Waals surface area contributed by atoms with Crippen molar-refractivity contribution >= 4 is 27.4 Å². The third-order valence-corrected chi connectivity index (χ3v) is 3.17. The molecule has 102 valence electrons. The topological polar surface area (TPSA) is 29.1 Å². The van der Waals surface area contributed by atoms with E-state index in [9.17, 15) is 9.18 Å². The Morgan fingerprint density at radius 1 is 1.20 bits per heavy atom. The molecule has 4 heteroatoms. The minimum Gasteiger partial charge on any atom is -0.359 e. The molecule has 0 fully saturated rings. The summed E-state index contributed by atoms with van der Waals surface area (Å²) in [6.07, 6.45) is 1.49. The number of ketones is 1. The summed E-state index contributed by atoms with van der Waals surface area (Å²) in [5.74, 6) is -0.416. The van der Waals surface area contributed by atoms with Gasteiger partial charge in [-0.05, 0) is 49.4 Å². The maximum absolute atomic E-state index is 13.1. The normalized spacial score (nSPS) is 11.2. The van der Waals surface area contributed by atoms with Crippen molar-refractivity contribution in [1.29, 1.82) is 0 Å². The fourth-order valence-corrected chi connectivity index (χ4v) is 1.99. The van der Waals surface area contributed by atoms with E-state index < -0.39 is 0 Å². The first-order valence-electron chi connectivity index (χ1n) is 6.05. The number of rotatable bonds is 4. The zero-order chi connectivity index (χ0) is 14.5. The van der Waals surface area contributed by atoms with E-state index >= 15 is 0 Å². The quantitative estimate of drug-likeness (QED) is 0.644. The van der Waals surface area contributed by atoms with Crippen LogP contribution >= 0.6 is 15.9 Å². The summed E-state index contributed by atoms with van der Waals surface area (Å²) in [5, 5.41) is 2.99. The highest BCUT2D eigenvalue weighted by atomic mass is 79.9. The second-order valence-corrected chi connectivity index (χ2v) is 5.25. The fourth-order valence-electron chi connectivity index (χ4n) is 1.72. The molecular weight excluding hydrogens is 321 g/mol. The Labute approximate surface area is 125 Å². The number of carbonyl (C=O) groups excluding carboxylic acids is 1. The molecule has 2 aromatic rings. The van der Waals surface area contributed by atoms with Crippen LogP contribution < -0.4 is 5.32 Å². The Bertz CT molecular complexity index is 650. The smallest absolute Gasteiger partial charge is 0.187 e. The van der Waals surface area contributed by atoms with Crippen molar-refractivity contribution in [3.63, 3.8) is 0 Å². The molecule has 0 saturated heterocycles. The predicted molar refractivity (Wildman–Crippen MR) is 82.3 cm³/mol. The van der Waals surface area contributed by atoms with Crippen molar-refractivity contribution in [2.75, 3.05) is 5.32 Å². The number of allylic oxidation sites excluding steroid dienone is 2. The van der Waals surface area contributed by atoms with E-state index in [-0.39, 0.29) is 11.6 Å². The molecule has 0 radical (unpaired) electrons. The van der Waals surface area contributed by atoms with Crippen molar-refractivity contribution in [3.05, 3.63) is 76.2 Å². The Morgan fingerprint density at radius 2 is 1.90 bits per heavy atom. The second-order valence-electron chi connectivity index (χ2n) is 4.33. The molecule has 0 aliphatic heterocycles. The highest BCUT2D eigenvalue weighted by Gasteiger charge is 2.03. The van der Waals surface area contributed by atoms with Crippen LogP contribution in [-0.4, -0.2) is 5.78 Å². The molecule has 0 aliphatic carbocycles. The summed E-state index contributed by atoms with van der Waals surface area (Å²) in [6, 6.07) is 13.2. The first kappa shape index (κ1) is 14.5. The Balaban J connectivity index is 2.10. The fraction of sp³-hybridized carbons (Fsp3) is 0.0625. The highest BCUT2D eigenvalue weighted by molar-refractivity contribution is 9.10. The lowest BCUT2D eigenvalue weighted by Crippen LogP contribution is -2.01. The van der Waals surface area contributed by atoms with Crippen LogP contribution in [0.5, 0.6) is 0 Å². The summed E-state index contributed by atoms with van der Waals surface area (Å²) in [4.78, 5) is 12.0. The molecule has 2 nitrogen and oxygen atoms in total. The molecule has 20 heavy (non-hydrogen) atoms. The van der Waals surface area contributed by atoms with Crippen LogP contribution in [0.2, 0.25) is 0 Å². The van der Waals surface area contributed by atoms with E-state index in [1.807, 2.05) is 12.1 Å². The molecule has 0 unspecified atom stereocenters. The molecule has 0 heterocycles. The van der Waals surface area contributed by atoms with Crippen LogP contribution in [0.3, 0.4) is 0 Å². The van der Waals surface area contributed by atoms with Gasteiger partial charge in [0.1, 0.15) is 5.82 Å². The molecule has 0 spiro atoms. The van der Waals surface area contributed by atoms with Gasteiger partial charge < -0.3 is 5.32 Å². The zero-order valence-corrected chi connectivity index (χ0v) is 12.4. The van der Waals surface area contributed by atoms with Crippen LogP contribution in [0, 0.1) is 5.82 Å². The average Bonchev–Trinajstić information content (AvgIpc) is 2.39. The monoisotopic (exact) mass is 333 g/mol. The standard InChI is InChI=1S/C16H13BrFNO/c1-11(19-15-4-2-3-14(18)10-15)9-16(20)12-5-7-13(17)8-6-12/h2-10,19H,1H3/b11-9-. The van der Waals surface area contributed by atoms with Crippen molar-refractivity contribution in [3.8, 4) is 0 Å². The molecule has 2 aromatic carbocycles. The average molecular weight is 334 g/mol. The molecule has 0 bridgehead atoms. The van der Waals surface area contributed by atoms with Gasteiger partial charge in [-0.1, -0.05) is 22.0 Å². The minimum absolute atomic E-state index is 0.0982. The number of nitrogens with one attached hydrogen (secondary N) is 1. The SMILES string of the molecule is C/C(=C/C(=O)c1ccc(Br)cc1)Nc1cccc(F)c1. The lowest BCUT2D eigenvalue weighted by atomic mass is 10.1. The van der Waals surface area contributed by atoms with E-state index in [2.05, 4.69) is 21.2 Å². The van der Waals surface area contributed by atoms with E-state index in [0.717, 1.165) is 4.47 Å². The Morgan fingerprint density at radius 3 is 2.55 bits per heavy atom. The van der Waals surface area contributed by atoms with Crippen molar-refractivity contribution in [1.82, 2.24) is 0 Å². The summed E-state index contributed by atoms with van der Waals surface area (Å²) in [7, 11) is 0. The molecule has 0 aromatic heterocycles. The largest absolute Gasteiger partial charge is 0.359 e. The first-order chi connectivity index (χ1) is 9.54. The second kappa shape index (κ2) is 6.48. The zero-order valence-electron chi connectivity index (χ0n) is 10.9. The summed E-state index contributed by atoms with van der Waals surface area (Å²) in [5.41, 5.74) is 1.87. The van der Waals surface area contributed by atoms with Crippen LogP contribution in [0.15, 0.2) is 64.8 Å². The molecule has 0 atom stereocenters. The number of anilines is 1. The van der Waals surface area contributed by atoms with Crippen LogP contribution in [0.4, 0.5) is 10.1 Å². The summed E-state index contributed by atoms with van der Waals surface area (Å²) >= 11 is 3.32. The van der Waals surface area contributed by atoms with Gasteiger partial charge in [-0.15, -0.1) is 0 Å². The molecule has 1 N–H and O–H groups in total. The predicted octanol–water partition coefficient (Wildman–Crippen LogP) is 4.79. The maximum atomic E-state index is 13.1. The van der Waals surface area contributed by atoms with Gasteiger partial charge >= 0.3 is 0 Å². The summed E-state index contributed by atoms with van der Waals surface area (Å²) < 4.78 is 14.0. The number of benzene rings is 2. The third kappa shape index (κ3) is 4.03. The number of hydrogen-bond acceptors (Lipinski definition) is 2. The lowest BCUT2D eigenvalue weighted by molar-refractivity contribution is 0.104. The molecule has 2 rings (SSSR count). The van der Waals surface area contributed by atoms with Crippen molar-refractivity contribution in [2.45, 2.75) is 6.92 Å². The lowest BCUT2D eigenvalue weighted by Gasteiger charge is -2.06. The van der Waals surface area contributed by atoms with Crippen molar-refractivity contribution < 1.29 is 9.18 Å². The van der Waals surface area contributed by atoms with Gasteiger partial charge in [0, 0.05) is 27.5 Å². The molecular formula is C16H13BrFNO. The molecule has 0 aliphatic rings. The summed E-state index contributed by atoms with van der Waals surface area (Å²) in [6.45, 7) is 1.77. The van der Waals surface area contributed by atoms with Crippen LogP contribution in [0.25, 0.3) is 0 Å². The molecule has 0 saturated carbocycles. The maximum Gasteiger partial charge on any atom is 0.187 e. The van der Waals surface area contributed by atoms with Gasteiger partial charge in [-0.3, -0.25) is 4.79 Å². The van der Waals surface area contributed by atoms with Crippen molar-refractivity contribution in [2.24, 2.45) is 0 Å². The van der Waals surface area contributed by atoms with E-state index in [1.54, 1.807) is 31.2 Å². The van der Waals surface area contributed by atoms with E-state index in [4.69, 9.17) is 0 Å². The Kier molecular flexibility index (Phi) is 4.69. The Hall–Kier alpha value is -1.94. The first-order valence-corrected chi connectivity index (χ1v) is 6.85. The van der Waals surface area contributed by atoms with Gasteiger partial charge in [-0.2, -0.15) is 0 Å². The number of carbonyl (C=O) groups is 1. The minimum atomic E-state index is -0.318. The molecule has 0 amide bonds. The third-order valence-electron chi connectivity index (χ3n) is 2.64. The van der Waals surface area contributed by atoms with E-state index in [0.29, 0.717) is 16.9 Å². The van der Waals surface area contributed by atoms with Crippen LogP contribution in [-0.2, 0) is 0 Å². The highest BCUT2D eigenvalue weighted by Crippen LogP contribution is 2.14. The van der Waals surface area contributed by atoms with Gasteiger partial charge in [-0.25, -0.2) is 4.39 Å². The number of hydrogen-bond donors (Lipinski definition) is 1. The van der Waals surface area contributed by atoms with Gasteiger partial charge in [0.15, 0.2) is 5.78 Å². The van der Waals surface area contributed by atoms with Crippen LogP contribution in [0.1, 0.15) is 17.3 Å². The van der Waals surface area contributed by atoms with Gasteiger partial charge in [0.05, 0.1) is 0 Å². The van der Waals surface area contributed by atoms with E-state index in [1.165, 1.54) is 18.2 Å². The number of halogens is 2. The van der Waals surface area contributed by atoms with Gasteiger partial charge in [0.25, 0.3) is 0 Å².